The summed E-state index contributed by atoms with van der Waals surface area (Å²) in [7, 11) is 0. The Morgan fingerprint density at radius 2 is 2.25 bits per heavy atom. The minimum Gasteiger partial charge on any atom is -0.380 e. The number of hydrogen-bond donors (Lipinski definition) is 1. The lowest BCUT2D eigenvalue weighted by atomic mass is 10.1. The van der Waals surface area contributed by atoms with Gasteiger partial charge in [0.25, 0.3) is 0 Å². The van der Waals surface area contributed by atoms with E-state index in [1.54, 1.807) is 12.1 Å². The Bertz CT molecular complexity index is 333. The van der Waals surface area contributed by atoms with E-state index in [0.717, 1.165) is 18.6 Å². The molecular formula is C12H17ClFNO. The topological polar surface area (TPSA) is 35.2 Å². The molecule has 0 bridgehead atoms. The van der Waals surface area contributed by atoms with E-state index in [4.69, 9.17) is 22.1 Å². The van der Waals surface area contributed by atoms with Gasteiger partial charge in [0.1, 0.15) is 5.82 Å². The molecule has 0 saturated carbocycles. The maximum absolute atomic E-state index is 12.9. The summed E-state index contributed by atoms with van der Waals surface area (Å²) < 4.78 is 18.2. The highest BCUT2D eigenvalue weighted by molar-refractivity contribution is 6.30. The number of benzene rings is 1. The third-order valence-electron chi connectivity index (χ3n) is 2.16. The van der Waals surface area contributed by atoms with Crippen molar-refractivity contribution in [2.45, 2.75) is 25.8 Å². The Kier molecular flexibility index (Phi) is 5.74. The predicted molar refractivity (Wildman–Crippen MR) is 64.2 cm³/mol. The molecule has 1 rings (SSSR count). The van der Waals surface area contributed by atoms with Gasteiger partial charge in [-0.25, -0.2) is 4.39 Å². The second kappa shape index (κ2) is 6.84. The summed E-state index contributed by atoms with van der Waals surface area (Å²) in [5.74, 6) is -0.402. The largest absolute Gasteiger partial charge is 0.380 e. The molecule has 0 radical (unpaired) electrons. The van der Waals surface area contributed by atoms with E-state index in [9.17, 15) is 4.39 Å². The van der Waals surface area contributed by atoms with Gasteiger partial charge < -0.3 is 10.5 Å². The van der Waals surface area contributed by atoms with Crippen LogP contribution in [-0.2, 0) is 11.2 Å². The van der Waals surface area contributed by atoms with Gasteiger partial charge in [0, 0.05) is 12.6 Å². The van der Waals surface area contributed by atoms with Crippen LogP contribution in [0.3, 0.4) is 0 Å². The van der Waals surface area contributed by atoms with Gasteiger partial charge in [-0.1, -0.05) is 24.6 Å². The highest BCUT2D eigenvalue weighted by Crippen LogP contribution is 2.16. The van der Waals surface area contributed by atoms with Gasteiger partial charge in [-0.3, -0.25) is 0 Å². The molecule has 0 heterocycles. The minimum absolute atomic E-state index is 0.0759. The summed E-state index contributed by atoms with van der Waals surface area (Å²) in [4.78, 5) is 0. The highest BCUT2D eigenvalue weighted by Gasteiger charge is 2.06. The fraction of sp³-hybridized carbons (Fsp3) is 0.500. The molecule has 1 aromatic carbocycles. The molecule has 0 aliphatic rings. The monoisotopic (exact) mass is 245 g/mol. The molecule has 1 aromatic rings. The van der Waals surface area contributed by atoms with Crippen LogP contribution in [0.25, 0.3) is 0 Å². The molecular weight excluding hydrogens is 229 g/mol. The van der Waals surface area contributed by atoms with Gasteiger partial charge >= 0.3 is 0 Å². The molecule has 2 N–H and O–H groups in total. The SMILES string of the molecule is CCCOCC(N)Cc1ccc(F)c(Cl)c1. The van der Waals surface area contributed by atoms with Crippen molar-refractivity contribution >= 4 is 11.6 Å². The van der Waals surface area contributed by atoms with Gasteiger partial charge in [0.15, 0.2) is 0 Å². The average Bonchev–Trinajstić information content (AvgIpc) is 2.24. The average molecular weight is 246 g/mol. The Morgan fingerprint density at radius 1 is 1.50 bits per heavy atom. The number of ether oxygens (including phenoxy) is 1. The molecule has 0 aliphatic heterocycles. The van der Waals surface area contributed by atoms with Crippen LogP contribution in [0.1, 0.15) is 18.9 Å². The Balaban J connectivity index is 2.43. The zero-order valence-corrected chi connectivity index (χ0v) is 10.1. The number of hydrogen-bond acceptors (Lipinski definition) is 2. The molecule has 0 aromatic heterocycles. The summed E-state index contributed by atoms with van der Waals surface area (Å²) in [6, 6.07) is 4.59. The van der Waals surface area contributed by atoms with Crippen molar-refractivity contribution in [3.8, 4) is 0 Å². The minimum atomic E-state index is -0.402. The van der Waals surface area contributed by atoms with Gasteiger partial charge in [-0.2, -0.15) is 0 Å². The Morgan fingerprint density at radius 3 is 2.88 bits per heavy atom. The fourth-order valence-electron chi connectivity index (χ4n) is 1.41. The van der Waals surface area contributed by atoms with E-state index in [-0.39, 0.29) is 11.1 Å². The van der Waals surface area contributed by atoms with Crippen LogP contribution in [0.2, 0.25) is 5.02 Å². The first-order valence-electron chi connectivity index (χ1n) is 5.40. The van der Waals surface area contributed by atoms with E-state index >= 15 is 0 Å². The van der Waals surface area contributed by atoms with E-state index in [1.165, 1.54) is 6.07 Å². The molecule has 0 saturated heterocycles. The van der Waals surface area contributed by atoms with Gasteiger partial charge in [0.2, 0.25) is 0 Å². The number of halogens is 2. The summed E-state index contributed by atoms with van der Waals surface area (Å²) in [6.07, 6.45) is 1.62. The third-order valence-corrected chi connectivity index (χ3v) is 2.45. The first-order chi connectivity index (χ1) is 7.63. The Hall–Kier alpha value is -0.640. The van der Waals surface area contributed by atoms with Crippen molar-refractivity contribution in [3.63, 3.8) is 0 Å². The van der Waals surface area contributed by atoms with E-state index in [2.05, 4.69) is 0 Å². The lowest BCUT2D eigenvalue weighted by Gasteiger charge is -2.12. The van der Waals surface area contributed by atoms with Gasteiger partial charge in [-0.05, 0) is 30.5 Å². The molecule has 0 spiro atoms. The quantitative estimate of drug-likeness (QED) is 0.783. The van der Waals surface area contributed by atoms with Crippen LogP contribution >= 0.6 is 11.6 Å². The molecule has 2 nitrogen and oxygen atoms in total. The third kappa shape index (κ3) is 4.47. The van der Waals surface area contributed by atoms with Crippen molar-refractivity contribution in [1.29, 1.82) is 0 Å². The maximum atomic E-state index is 12.9. The summed E-state index contributed by atoms with van der Waals surface area (Å²) in [5.41, 5.74) is 6.80. The molecule has 0 aliphatic carbocycles. The van der Waals surface area contributed by atoms with E-state index < -0.39 is 5.82 Å². The van der Waals surface area contributed by atoms with Crippen LogP contribution in [0.4, 0.5) is 4.39 Å². The maximum Gasteiger partial charge on any atom is 0.141 e. The van der Waals surface area contributed by atoms with E-state index in [0.29, 0.717) is 13.0 Å². The highest BCUT2D eigenvalue weighted by atomic mass is 35.5. The summed E-state index contributed by atoms with van der Waals surface area (Å²) in [5, 5.41) is 0.138. The molecule has 1 atom stereocenters. The van der Waals surface area contributed by atoms with Gasteiger partial charge in [-0.15, -0.1) is 0 Å². The molecule has 0 fully saturated rings. The lowest BCUT2D eigenvalue weighted by molar-refractivity contribution is 0.121. The predicted octanol–water partition coefficient (Wildman–Crippen LogP) is 2.78. The number of rotatable bonds is 6. The van der Waals surface area contributed by atoms with E-state index in [1.807, 2.05) is 6.92 Å². The Labute approximate surface area is 101 Å². The summed E-state index contributed by atoms with van der Waals surface area (Å²) >= 11 is 5.68. The second-order valence-electron chi connectivity index (χ2n) is 3.79. The van der Waals surface area contributed by atoms with Crippen molar-refractivity contribution in [1.82, 2.24) is 0 Å². The first kappa shape index (κ1) is 13.4. The number of nitrogens with two attached hydrogens (primary N) is 1. The smallest absolute Gasteiger partial charge is 0.141 e. The van der Waals surface area contributed by atoms with Crippen molar-refractivity contribution in [3.05, 3.63) is 34.6 Å². The molecule has 90 valence electrons. The van der Waals surface area contributed by atoms with Crippen LogP contribution in [0.15, 0.2) is 18.2 Å². The standard InChI is InChI=1S/C12H17ClFNO/c1-2-5-16-8-10(15)6-9-3-4-12(14)11(13)7-9/h3-4,7,10H,2,5-6,8,15H2,1H3. The van der Waals surface area contributed by atoms with Crippen LogP contribution in [-0.4, -0.2) is 19.3 Å². The van der Waals surface area contributed by atoms with Crippen molar-refractivity contribution in [2.24, 2.45) is 5.73 Å². The second-order valence-corrected chi connectivity index (χ2v) is 4.19. The zero-order valence-electron chi connectivity index (χ0n) is 9.38. The van der Waals surface area contributed by atoms with Crippen molar-refractivity contribution < 1.29 is 9.13 Å². The molecule has 1 unspecified atom stereocenters. The van der Waals surface area contributed by atoms with Crippen molar-refractivity contribution in [2.75, 3.05) is 13.2 Å². The fourth-order valence-corrected chi connectivity index (χ4v) is 1.61. The van der Waals surface area contributed by atoms with Crippen LogP contribution in [0.5, 0.6) is 0 Å². The molecule has 0 amide bonds. The summed E-state index contributed by atoms with van der Waals surface area (Å²) in [6.45, 7) is 3.28. The molecule has 16 heavy (non-hydrogen) atoms. The molecule has 4 heteroatoms. The van der Waals surface area contributed by atoms with Crippen LogP contribution in [0, 0.1) is 5.82 Å². The van der Waals surface area contributed by atoms with Gasteiger partial charge in [0.05, 0.1) is 11.6 Å². The lowest BCUT2D eigenvalue weighted by Crippen LogP contribution is -2.28. The van der Waals surface area contributed by atoms with Crippen LogP contribution < -0.4 is 5.73 Å². The first-order valence-corrected chi connectivity index (χ1v) is 5.78. The zero-order chi connectivity index (χ0) is 12.0. The normalized spacial score (nSPS) is 12.8.